The summed E-state index contributed by atoms with van der Waals surface area (Å²) in [6.45, 7) is 3.03. The Morgan fingerprint density at radius 1 is 1.28 bits per heavy atom. The van der Waals surface area contributed by atoms with Gasteiger partial charge in [0.25, 0.3) is 11.6 Å². The van der Waals surface area contributed by atoms with E-state index >= 15 is 0 Å². The SMILES string of the molecule is Cc1noc2nc(C3CC3)cc(C(=O)OC(C)C(=O)Nc3ccc(F)cc3F)c12. The van der Waals surface area contributed by atoms with E-state index in [-0.39, 0.29) is 22.9 Å². The highest BCUT2D eigenvalue weighted by molar-refractivity contribution is 6.04. The molecule has 1 N–H and O–H groups in total. The predicted molar refractivity (Wildman–Crippen MR) is 98.4 cm³/mol. The minimum absolute atomic E-state index is 0.211. The molecule has 1 aliphatic carbocycles. The number of halogens is 2. The van der Waals surface area contributed by atoms with Gasteiger partial charge in [-0.05, 0) is 44.9 Å². The second-order valence-electron chi connectivity index (χ2n) is 6.98. The van der Waals surface area contributed by atoms with Gasteiger partial charge in [0.1, 0.15) is 11.6 Å². The number of amides is 1. The van der Waals surface area contributed by atoms with Crippen LogP contribution in [0.2, 0.25) is 0 Å². The molecule has 0 bridgehead atoms. The summed E-state index contributed by atoms with van der Waals surface area (Å²) >= 11 is 0. The van der Waals surface area contributed by atoms with E-state index in [9.17, 15) is 18.4 Å². The molecule has 7 nitrogen and oxygen atoms in total. The van der Waals surface area contributed by atoms with Crippen LogP contribution in [0.3, 0.4) is 0 Å². The summed E-state index contributed by atoms with van der Waals surface area (Å²) in [4.78, 5) is 29.4. The number of aryl methyl sites for hydroxylation is 1. The van der Waals surface area contributed by atoms with E-state index in [2.05, 4.69) is 15.5 Å². The van der Waals surface area contributed by atoms with Crippen molar-refractivity contribution in [1.82, 2.24) is 10.1 Å². The number of nitrogens with zero attached hydrogens (tertiary/aromatic N) is 2. The second-order valence-corrected chi connectivity index (χ2v) is 6.98. The number of aromatic nitrogens is 2. The molecule has 1 amide bonds. The summed E-state index contributed by atoms with van der Waals surface area (Å²) in [7, 11) is 0. The zero-order valence-electron chi connectivity index (χ0n) is 15.7. The molecular weight excluding hydrogens is 384 g/mol. The summed E-state index contributed by atoms with van der Waals surface area (Å²) in [5.41, 5.74) is 1.43. The van der Waals surface area contributed by atoms with Crippen LogP contribution in [-0.2, 0) is 9.53 Å². The molecule has 0 spiro atoms. The summed E-state index contributed by atoms with van der Waals surface area (Å²) in [6, 6.07) is 4.38. The van der Waals surface area contributed by atoms with E-state index in [4.69, 9.17) is 9.26 Å². The highest BCUT2D eigenvalue weighted by atomic mass is 19.1. The molecule has 3 aromatic rings. The Bertz CT molecular complexity index is 1120. The van der Waals surface area contributed by atoms with E-state index in [0.717, 1.165) is 25.0 Å². The Balaban J connectivity index is 1.54. The number of rotatable bonds is 5. The zero-order chi connectivity index (χ0) is 20.7. The number of nitrogens with one attached hydrogen (secondary N) is 1. The van der Waals surface area contributed by atoms with Gasteiger partial charge in [0.05, 0.1) is 22.3 Å². The third-order valence-electron chi connectivity index (χ3n) is 4.69. The molecule has 1 fully saturated rings. The van der Waals surface area contributed by atoms with Crippen molar-refractivity contribution in [3.05, 3.63) is 52.9 Å². The molecule has 0 radical (unpaired) electrons. The van der Waals surface area contributed by atoms with Crippen molar-refractivity contribution in [2.75, 3.05) is 5.32 Å². The van der Waals surface area contributed by atoms with E-state index < -0.39 is 29.6 Å². The Morgan fingerprint density at radius 2 is 2.03 bits per heavy atom. The maximum Gasteiger partial charge on any atom is 0.339 e. The van der Waals surface area contributed by atoms with Crippen molar-refractivity contribution in [3.63, 3.8) is 0 Å². The van der Waals surface area contributed by atoms with E-state index in [1.165, 1.54) is 6.92 Å². The van der Waals surface area contributed by atoms with Gasteiger partial charge in [-0.2, -0.15) is 0 Å². The minimum atomic E-state index is -1.22. The van der Waals surface area contributed by atoms with Gasteiger partial charge in [0.15, 0.2) is 6.10 Å². The maximum atomic E-state index is 13.7. The molecule has 1 aliphatic rings. The molecule has 4 rings (SSSR count). The Hall–Kier alpha value is -3.36. The number of hydrogen-bond donors (Lipinski definition) is 1. The first-order valence-corrected chi connectivity index (χ1v) is 9.07. The van der Waals surface area contributed by atoms with Crippen LogP contribution < -0.4 is 5.32 Å². The maximum absolute atomic E-state index is 13.7. The van der Waals surface area contributed by atoms with Gasteiger partial charge >= 0.3 is 5.97 Å². The van der Waals surface area contributed by atoms with Gasteiger partial charge < -0.3 is 14.6 Å². The lowest BCUT2D eigenvalue weighted by atomic mass is 10.1. The average Bonchev–Trinajstić information content (AvgIpc) is 3.46. The molecular formula is C20H17F2N3O4. The number of fused-ring (bicyclic) bond motifs is 1. The number of anilines is 1. The van der Waals surface area contributed by atoms with Crippen molar-refractivity contribution in [2.24, 2.45) is 0 Å². The lowest BCUT2D eigenvalue weighted by Crippen LogP contribution is -2.30. The summed E-state index contributed by atoms with van der Waals surface area (Å²) in [5.74, 6) is -2.93. The number of esters is 1. The van der Waals surface area contributed by atoms with Gasteiger partial charge in [-0.1, -0.05) is 5.16 Å². The van der Waals surface area contributed by atoms with Crippen molar-refractivity contribution >= 4 is 28.7 Å². The molecule has 2 aromatic heterocycles. The van der Waals surface area contributed by atoms with Crippen LogP contribution in [0.25, 0.3) is 11.1 Å². The fraction of sp³-hybridized carbons (Fsp3) is 0.300. The fourth-order valence-electron chi connectivity index (χ4n) is 2.97. The molecule has 150 valence electrons. The van der Waals surface area contributed by atoms with Gasteiger partial charge in [0.2, 0.25) is 0 Å². The third-order valence-corrected chi connectivity index (χ3v) is 4.69. The van der Waals surface area contributed by atoms with Gasteiger partial charge in [-0.25, -0.2) is 18.6 Å². The van der Waals surface area contributed by atoms with Crippen molar-refractivity contribution in [2.45, 2.75) is 38.7 Å². The van der Waals surface area contributed by atoms with Gasteiger partial charge in [0, 0.05) is 17.7 Å². The molecule has 1 atom stereocenters. The molecule has 1 unspecified atom stereocenters. The van der Waals surface area contributed by atoms with Gasteiger partial charge in [-0.3, -0.25) is 4.79 Å². The van der Waals surface area contributed by atoms with Crippen LogP contribution >= 0.6 is 0 Å². The fourth-order valence-corrected chi connectivity index (χ4v) is 2.97. The number of carbonyl (C=O) groups excluding carboxylic acids is 2. The minimum Gasteiger partial charge on any atom is -0.449 e. The lowest BCUT2D eigenvalue weighted by Gasteiger charge is -2.14. The number of hydrogen-bond acceptors (Lipinski definition) is 6. The Morgan fingerprint density at radius 3 is 2.72 bits per heavy atom. The van der Waals surface area contributed by atoms with E-state index in [1.54, 1.807) is 13.0 Å². The number of pyridine rings is 1. The first-order chi connectivity index (χ1) is 13.8. The summed E-state index contributed by atoms with van der Waals surface area (Å²) < 4.78 is 37.2. The lowest BCUT2D eigenvalue weighted by molar-refractivity contribution is -0.123. The van der Waals surface area contributed by atoms with E-state index in [0.29, 0.717) is 22.8 Å². The first kappa shape index (κ1) is 19.0. The molecule has 1 saturated carbocycles. The average molecular weight is 401 g/mol. The predicted octanol–water partition coefficient (Wildman–Crippen LogP) is 3.87. The van der Waals surface area contributed by atoms with Crippen LogP contribution in [0.15, 0.2) is 28.8 Å². The zero-order valence-corrected chi connectivity index (χ0v) is 15.7. The van der Waals surface area contributed by atoms with Crippen LogP contribution in [0.4, 0.5) is 14.5 Å². The topological polar surface area (TPSA) is 94.3 Å². The Labute approximate surface area is 164 Å². The molecule has 1 aromatic carbocycles. The number of benzene rings is 1. The largest absolute Gasteiger partial charge is 0.449 e. The second kappa shape index (κ2) is 7.23. The number of ether oxygens (including phenoxy) is 1. The highest BCUT2D eigenvalue weighted by Crippen LogP contribution is 2.40. The Kier molecular flexibility index (Phi) is 4.73. The smallest absolute Gasteiger partial charge is 0.339 e. The molecule has 2 heterocycles. The van der Waals surface area contributed by atoms with Crippen molar-refractivity contribution in [1.29, 1.82) is 0 Å². The van der Waals surface area contributed by atoms with E-state index in [1.807, 2.05) is 0 Å². The monoisotopic (exact) mass is 401 g/mol. The molecule has 9 heteroatoms. The molecule has 0 aliphatic heterocycles. The first-order valence-electron chi connectivity index (χ1n) is 9.07. The van der Waals surface area contributed by atoms with Crippen LogP contribution in [-0.4, -0.2) is 28.1 Å². The van der Waals surface area contributed by atoms with Crippen LogP contribution in [0.1, 0.15) is 47.4 Å². The third kappa shape index (κ3) is 3.80. The number of carbonyl (C=O) groups is 2. The van der Waals surface area contributed by atoms with Crippen LogP contribution in [0, 0.1) is 18.6 Å². The van der Waals surface area contributed by atoms with Gasteiger partial charge in [-0.15, -0.1) is 0 Å². The molecule has 29 heavy (non-hydrogen) atoms. The van der Waals surface area contributed by atoms with Crippen LogP contribution in [0.5, 0.6) is 0 Å². The standard InChI is InChI=1S/C20H17F2N3O4/c1-9-17-13(8-16(11-3-4-11)24-19(17)29-25-9)20(27)28-10(2)18(26)23-15-6-5-12(21)7-14(15)22/h5-8,10-11H,3-4H2,1-2H3,(H,23,26). The summed E-state index contributed by atoms with van der Waals surface area (Å²) in [5, 5.41) is 6.55. The normalized spacial score (nSPS) is 14.6. The molecule has 0 saturated heterocycles. The van der Waals surface area contributed by atoms with Crippen molar-refractivity contribution in [3.8, 4) is 0 Å². The highest BCUT2D eigenvalue weighted by Gasteiger charge is 2.30. The quantitative estimate of drug-likeness (QED) is 0.652. The van der Waals surface area contributed by atoms with Crippen molar-refractivity contribution < 1.29 is 27.6 Å². The summed E-state index contributed by atoms with van der Waals surface area (Å²) in [6.07, 6.45) is 0.726.